The third kappa shape index (κ3) is 3.11. The minimum absolute atomic E-state index is 0.0259. The van der Waals surface area contributed by atoms with Crippen LogP contribution < -0.4 is 5.32 Å². The molecule has 1 saturated carbocycles. The number of aromatic nitrogens is 1. The van der Waals surface area contributed by atoms with Gasteiger partial charge in [0, 0.05) is 12.4 Å². The summed E-state index contributed by atoms with van der Waals surface area (Å²) in [5.74, 6) is -0.246. The summed E-state index contributed by atoms with van der Waals surface area (Å²) >= 11 is 0. The highest BCUT2D eigenvalue weighted by Crippen LogP contribution is 2.41. The van der Waals surface area contributed by atoms with E-state index in [1.807, 2.05) is 19.1 Å². The lowest BCUT2D eigenvalue weighted by atomic mass is 9.77. The largest absolute Gasteiger partial charge is 0.349 e. The molecule has 1 N–H and O–H groups in total. The van der Waals surface area contributed by atoms with E-state index in [4.69, 9.17) is 0 Å². The molecule has 2 aromatic rings. The normalized spacial score (nSPS) is 17.7. The van der Waals surface area contributed by atoms with Crippen LogP contribution in [-0.2, 0) is 10.2 Å². The molecule has 1 unspecified atom stereocenters. The van der Waals surface area contributed by atoms with E-state index in [1.54, 1.807) is 24.5 Å². The van der Waals surface area contributed by atoms with Crippen LogP contribution >= 0.6 is 0 Å². The van der Waals surface area contributed by atoms with Crippen molar-refractivity contribution in [2.24, 2.45) is 0 Å². The molecule has 23 heavy (non-hydrogen) atoms. The van der Waals surface area contributed by atoms with E-state index in [1.165, 1.54) is 12.1 Å². The Balaban J connectivity index is 1.83. The summed E-state index contributed by atoms with van der Waals surface area (Å²) in [5.41, 5.74) is 1.35. The Morgan fingerprint density at radius 2 is 1.91 bits per heavy atom. The highest BCUT2D eigenvalue weighted by atomic mass is 19.1. The summed E-state index contributed by atoms with van der Waals surface area (Å²) in [5, 5.41) is 3.12. The van der Waals surface area contributed by atoms with Crippen LogP contribution in [0.1, 0.15) is 49.8 Å². The van der Waals surface area contributed by atoms with Crippen LogP contribution in [0.15, 0.2) is 48.8 Å². The van der Waals surface area contributed by atoms with E-state index < -0.39 is 5.41 Å². The van der Waals surface area contributed by atoms with Crippen molar-refractivity contribution in [1.29, 1.82) is 0 Å². The van der Waals surface area contributed by atoms with Crippen molar-refractivity contribution in [2.45, 2.75) is 44.1 Å². The maximum atomic E-state index is 13.2. The van der Waals surface area contributed by atoms with Crippen LogP contribution in [0.25, 0.3) is 0 Å². The average molecular weight is 312 g/mol. The summed E-state index contributed by atoms with van der Waals surface area (Å²) < 4.78 is 13.2. The van der Waals surface area contributed by atoms with Gasteiger partial charge in [-0.2, -0.15) is 0 Å². The predicted molar refractivity (Wildman–Crippen MR) is 87.3 cm³/mol. The van der Waals surface area contributed by atoms with Crippen LogP contribution in [0.4, 0.5) is 4.39 Å². The van der Waals surface area contributed by atoms with Crippen molar-refractivity contribution in [3.63, 3.8) is 0 Å². The summed E-state index contributed by atoms with van der Waals surface area (Å²) in [6.45, 7) is 1.96. The van der Waals surface area contributed by atoms with E-state index in [0.29, 0.717) is 0 Å². The number of hydrogen-bond donors (Lipinski definition) is 1. The highest BCUT2D eigenvalue weighted by Gasteiger charge is 2.43. The Morgan fingerprint density at radius 3 is 2.52 bits per heavy atom. The Hall–Kier alpha value is -2.23. The summed E-state index contributed by atoms with van der Waals surface area (Å²) in [6, 6.07) is 10.1. The predicted octanol–water partition coefficient (Wildman–Crippen LogP) is 3.91. The molecule has 1 aliphatic carbocycles. The first-order valence-electron chi connectivity index (χ1n) is 8.09. The van der Waals surface area contributed by atoms with E-state index in [2.05, 4.69) is 10.3 Å². The zero-order chi connectivity index (χ0) is 16.3. The number of hydrogen-bond acceptors (Lipinski definition) is 2. The van der Waals surface area contributed by atoms with Gasteiger partial charge in [-0.05, 0) is 49.1 Å². The Morgan fingerprint density at radius 1 is 1.22 bits per heavy atom. The molecule has 0 radical (unpaired) electrons. The lowest BCUT2D eigenvalue weighted by molar-refractivity contribution is -0.127. The second kappa shape index (κ2) is 6.49. The number of carbonyl (C=O) groups excluding carboxylic acids is 1. The van der Waals surface area contributed by atoms with Gasteiger partial charge in [0.25, 0.3) is 0 Å². The first-order valence-corrected chi connectivity index (χ1v) is 8.09. The zero-order valence-corrected chi connectivity index (χ0v) is 13.3. The molecule has 1 aromatic carbocycles. The maximum Gasteiger partial charge on any atom is 0.231 e. The second-order valence-corrected chi connectivity index (χ2v) is 6.28. The van der Waals surface area contributed by atoms with Crippen LogP contribution in [0.2, 0.25) is 0 Å². The fourth-order valence-electron chi connectivity index (χ4n) is 3.44. The molecule has 1 aliphatic rings. The molecule has 1 amide bonds. The quantitative estimate of drug-likeness (QED) is 0.930. The van der Waals surface area contributed by atoms with Gasteiger partial charge in [-0.1, -0.05) is 31.0 Å². The van der Waals surface area contributed by atoms with Crippen LogP contribution in [-0.4, -0.2) is 10.9 Å². The summed E-state index contributed by atoms with van der Waals surface area (Å²) in [4.78, 5) is 17.1. The fourth-order valence-corrected chi connectivity index (χ4v) is 3.44. The standard InChI is InChI=1S/C19H21FN2O/c1-14(15-5-4-12-21-13-15)22-18(23)19(10-2-3-11-19)16-6-8-17(20)9-7-16/h4-9,12-14H,2-3,10-11H2,1H3,(H,22,23). The van der Waals surface area contributed by atoms with Gasteiger partial charge in [0.2, 0.25) is 5.91 Å². The monoisotopic (exact) mass is 312 g/mol. The number of benzene rings is 1. The lowest BCUT2D eigenvalue weighted by Gasteiger charge is -2.30. The van der Waals surface area contributed by atoms with Crippen molar-refractivity contribution < 1.29 is 9.18 Å². The zero-order valence-electron chi connectivity index (χ0n) is 13.3. The number of halogens is 1. The van der Waals surface area contributed by atoms with Gasteiger partial charge in [-0.15, -0.1) is 0 Å². The molecular formula is C19H21FN2O. The van der Waals surface area contributed by atoms with Gasteiger partial charge in [0.15, 0.2) is 0 Å². The molecule has 0 aliphatic heterocycles. The van der Waals surface area contributed by atoms with Crippen molar-refractivity contribution in [3.8, 4) is 0 Å². The van der Waals surface area contributed by atoms with E-state index in [0.717, 1.165) is 36.8 Å². The Kier molecular flexibility index (Phi) is 4.42. The number of pyridine rings is 1. The van der Waals surface area contributed by atoms with E-state index in [9.17, 15) is 9.18 Å². The molecule has 4 heteroatoms. The molecular weight excluding hydrogens is 291 g/mol. The minimum Gasteiger partial charge on any atom is -0.349 e. The number of rotatable bonds is 4. The van der Waals surface area contributed by atoms with Crippen LogP contribution in [0, 0.1) is 5.82 Å². The lowest BCUT2D eigenvalue weighted by Crippen LogP contribution is -2.43. The molecule has 3 nitrogen and oxygen atoms in total. The first kappa shape index (κ1) is 15.7. The smallest absolute Gasteiger partial charge is 0.231 e. The molecule has 3 rings (SSSR count). The molecule has 1 atom stereocenters. The van der Waals surface area contributed by atoms with Crippen LogP contribution in [0.3, 0.4) is 0 Å². The summed E-state index contributed by atoms with van der Waals surface area (Å²) in [6.07, 6.45) is 7.14. The first-order chi connectivity index (χ1) is 11.1. The van der Waals surface area contributed by atoms with Crippen molar-refractivity contribution >= 4 is 5.91 Å². The second-order valence-electron chi connectivity index (χ2n) is 6.28. The van der Waals surface area contributed by atoms with Gasteiger partial charge in [-0.25, -0.2) is 4.39 Å². The number of nitrogens with zero attached hydrogens (tertiary/aromatic N) is 1. The van der Waals surface area contributed by atoms with Crippen molar-refractivity contribution in [1.82, 2.24) is 10.3 Å². The average Bonchev–Trinajstić information content (AvgIpc) is 3.07. The molecule has 1 fully saturated rings. The molecule has 1 heterocycles. The van der Waals surface area contributed by atoms with Gasteiger partial charge >= 0.3 is 0 Å². The highest BCUT2D eigenvalue weighted by molar-refractivity contribution is 5.88. The number of carbonyl (C=O) groups is 1. The molecule has 0 spiro atoms. The van der Waals surface area contributed by atoms with Crippen molar-refractivity contribution in [2.75, 3.05) is 0 Å². The number of amides is 1. The SMILES string of the molecule is CC(NC(=O)C1(c2ccc(F)cc2)CCCC1)c1cccnc1. The Bertz CT molecular complexity index is 664. The van der Waals surface area contributed by atoms with Crippen molar-refractivity contribution in [3.05, 3.63) is 65.7 Å². The van der Waals surface area contributed by atoms with Gasteiger partial charge in [0.05, 0.1) is 11.5 Å². The summed E-state index contributed by atoms with van der Waals surface area (Å²) in [7, 11) is 0. The van der Waals surface area contributed by atoms with Gasteiger partial charge in [-0.3, -0.25) is 9.78 Å². The minimum atomic E-state index is -0.538. The Labute approximate surface area is 135 Å². The van der Waals surface area contributed by atoms with Gasteiger partial charge < -0.3 is 5.32 Å². The topological polar surface area (TPSA) is 42.0 Å². The molecule has 120 valence electrons. The van der Waals surface area contributed by atoms with E-state index in [-0.39, 0.29) is 17.8 Å². The fraction of sp³-hybridized carbons (Fsp3) is 0.368. The molecule has 0 saturated heterocycles. The van der Waals surface area contributed by atoms with E-state index >= 15 is 0 Å². The molecule has 0 bridgehead atoms. The molecule has 1 aromatic heterocycles. The van der Waals surface area contributed by atoms with Gasteiger partial charge in [0.1, 0.15) is 5.82 Å². The third-order valence-electron chi connectivity index (χ3n) is 4.82. The maximum absolute atomic E-state index is 13.2. The third-order valence-corrected chi connectivity index (χ3v) is 4.82. The number of nitrogens with one attached hydrogen (secondary N) is 1. The van der Waals surface area contributed by atoms with Crippen LogP contribution in [0.5, 0.6) is 0 Å².